The third kappa shape index (κ3) is 4.76. The van der Waals surface area contributed by atoms with Gasteiger partial charge in [0.2, 0.25) is 15.9 Å². The van der Waals surface area contributed by atoms with Gasteiger partial charge in [-0.15, -0.1) is 0 Å². The van der Waals surface area contributed by atoms with Gasteiger partial charge in [-0.1, -0.05) is 13.0 Å². The molecule has 0 unspecified atom stereocenters. The van der Waals surface area contributed by atoms with Crippen molar-refractivity contribution in [2.45, 2.75) is 24.7 Å². The summed E-state index contributed by atoms with van der Waals surface area (Å²) in [4.78, 5) is 14.2. The smallest absolute Gasteiger partial charge is 0.243 e. The highest BCUT2D eigenvalue weighted by Gasteiger charge is 2.28. The van der Waals surface area contributed by atoms with E-state index in [2.05, 4.69) is 17.1 Å². The number of nitrogens with one attached hydrogen (secondary N) is 1. The molecule has 1 aromatic carbocycles. The van der Waals surface area contributed by atoms with Crippen molar-refractivity contribution >= 4 is 21.6 Å². The number of nitrogens with zero attached hydrogens (tertiary/aromatic N) is 2. The first kappa shape index (κ1) is 18.9. The zero-order chi connectivity index (χ0) is 17.6. The van der Waals surface area contributed by atoms with Gasteiger partial charge in [0.15, 0.2) is 0 Å². The lowest BCUT2D eigenvalue weighted by molar-refractivity contribution is -0.116. The molecule has 0 aromatic heterocycles. The molecule has 0 bridgehead atoms. The van der Waals surface area contributed by atoms with Crippen LogP contribution >= 0.6 is 0 Å². The van der Waals surface area contributed by atoms with E-state index in [1.54, 1.807) is 18.2 Å². The van der Waals surface area contributed by atoms with Crippen LogP contribution < -0.4 is 11.1 Å². The molecule has 7 nitrogen and oxygen atoms in total. The minimum atomic E-state index is -3.53. The van der Waals surface area contributed by atoms with Gasteiger partial charge in [-0.2, -0.15) is 4.31 Å². The molecule has 1 saturated heterocycles. The number of nitrogens with two attached hydrogens (primary N) is 1. The fourth-order valence-electron chi connectivity index (χ4n) is 2.66. The number of amides is 1. The summed E-state index contributed by atoms with van der Waals surface area (Å²) in [5.41, 5.74) is 5.88. The molecular weight excluding hydrogens is 328 g/mol. The van der Waals surface area contributed by atoms with Crippen LogP contribution in [-0.2, 0) is 14.8 Å². The maximum Gasteiger partial charge on any atom is 0.243 e. The summed E-state index contributed by atoms with van der Waals surface area (Å²) >= 11 is 0. The molecule has 0 spiro atoms. The number of carbonyl (C=O) groups is 1. The van der Waals surface area contributed by atoms with Gasteiger partial charge in [0.1, 0.15) is 0 Å². The number of piperazine rings is 1. The second kappa shape index (κ2) is 8.57. The van der Waals surface area contributed by atoms with Crippen LogP contribution in [0.4, 0.5) is 5.69 Å². The largest absolute Gasteiger partial charge is 0.330 e. The number of rotatable bonds is 7. The van der Waals surface area contributed by atoms with E-state index in [0.717, 1.165) is 19.6 Å². The van der Waals surface area contributed by atoms with Crippen molar-refractivity contribution < 1.29 is 13.2 Å². The van der Waals surface area contributed by atoms with E-state index >= 15 is 0 Å². The quantitative estimate of drug-likeness (QED) is 0.751. The van der Waals surface area contributed by atoms with Crippen molar-refractivity contribution in [3.8, 4) is 0 Å². The van der Waals surface area contributed by atoms with Crippen LogP contribution in [0.2, 0.25) is 0 Å². The Morgan fingerprint density at radius 1 is 1.25 bits per heavy atom. The molecule has 3 N–H and O–H groups in total. The van der Waals surface area contributed by atoms with Gasteiger partial charge in [0.05, 0.1) is 4.90 Å². The first-order valence-electron chi connectivity index (χ1n) is 8.30. The average molecular weight is 354 g/mol. The molecule has 0 saturated carbocycles. The Kier molecular flexibility index (Phi) is 6.73. The van der Waals surface area contributed by atoms with Gasteiger partial charge in [-0.3, -0.25) is 4.79 Å². The topological polar surface area (TPSA) is 95.7 Å². The minimum absolute atomic E-state index is 0.161. The summed E-state index contributed by atoms with van der Waals surface area (Å²) in [6.07, 6.45) is 0.929. The molecule has 1 heterocycles. The lowest BCUT2D eigenvalue weighted by Crippen LogP contribution is -2.48. The van der Waals surface area contributed by atoms with Gasteiger partial charge in [0.25, 0.3) is 0 Å². The van der Waals surface area contributed by atoms with Crippen molar-refractivity contribution in [2.75, 3.05) is 44.6 Å². The van der Waals surface area contributed by atoms with Gasteiger partial charge in [-0.25, -0.2) is 8.42 Å². The normalized spacial score (nSPS) is 16.9. The van der Waals surface area contributed by atoms with E-state index in [4.69, 9.17) is 5.73 Å². The molecular formula is C16H26N4O3S. The van der Waals surface area contributed by atoms with E-state index in [-0.39, 0.29) is 10.8 Å². The Balaban J connectivity index is 2.08. The van der Waals surface area contributed by atoms with Crippen LogP contribution in [-0.4, -0.2) is 62.8 Å². The predicted molar refractivity (Wildman–Crippen MR) is 94.2 cm³/mol. The molecule has 0 atom stereocenters. The van der Waals surface area contributed by atoms with Gasteiger partial charge in [0, 0.05) is 38.3 Å². The van der Waals surface area contributed by atoms with E-state index < -0.39 is 10.0 Å². The number of hydrogen-bond acceptors (Lipinski definition) is 5. The number of likely N-dealkylation sites (N-methyl/N-ethyl adjacent to an activating group) is 1. The SMILES string of the molecule is CCN1CCN(S(=O)(=O)c2cccc(NC(=O)CCCN)c2)CC1. The van der Waals surface area contributed by atoms with E-state index in [1.165, 1.54) is 10.4 Å². The summed E-state index contributed by atoms with van der Waals surface area (Å²) in [6, 6.07) is 6.42. The molecule has 8 heteroatoms. The molecule has 0 radical (unpaired) electrons. The molecule has 0 aliphatic carbocycles. The Bertz CT molecular complexity index is 655. The molecule has 1 aliphatic heterocycles. The number of anilines is 1. The van der Waals surface area contributed by atoms with Crippen molar-refractivity contribution in [3.05, 3.63) is 24.3 Å². The zero-order valence-electron chi connectivity index (χ0n) is 14.1. The van der Waals surface area contributed by atoms with E-state index in [0.29, 0.717) is 38.2 Å². The first-order chi connectivity index (χ1) is 11.5. The summed E-state index contributed by atoms with van der Waals surface area (Å²) in [5.74, 6) is -0.161. The van der Waals surface area contributed by atoms with Crippen molar-refractivity contribution in [1.29, 1.82) is 0 Å². The second-order valence-electron chi connectivity index (χ2n) is 5.81. The van der Waals surface area contributed by atoms with Crippen LogP contribution in [0.3, 0.4) is 0 Å². The highest BCUT2D eigenvalue weighted by Crippen LogP contribution is 2.21. The van der Waals surface area contributed by atoms with Crippen LogP contribution in [0.15, 0.2) is 29.2 Å². The summed E-state index contributed by atoms with van der Waals surface area (Å²) in [7, 11) is -3.53. The molecule has 1 aromatic rings. The Morgan fingerprint density at radius 2 is 1.96 bits per heavy atom. The summed E-state index contributed by atoms with van der Waals surface area (Å²) in [5, 5.41) is 2.72. The van der Waals surface area contributed by atoms with Gasteiger partial charge in [-0.05, 0) is 37.7 Å². The lowest BCUT2D eigenvalue weighted by atomic mass is 10.2. The Labute approximate surface area is 143 Å². The standard InChI is InChI=1S/C16H26N4O3S/c1-2-19-9-11-20(12-10-19)24(22,23)15-6-3-5-14(13-15)18-16(21)7-4-8-17/h3,5-6,13H,2,4,7-12,17H2,1H3,(H,18,21). The first-order valence-corrected chi connectivity index (χ1v) is 9.74. The van der Waals surface area contributed by atoms with Gasteiger partial charge >= 0.3 is 0 Å². The zero-order valence-corrected chi connectivity index (χ0v) is 14.9. The Morgan fingerprint density at radius 3 is 2.58 bits per heavy atom. The summed E-state index contributed by atoms with van der Waals surface area (Å²) in [6.45, 7) is 5.91. The van der Waals surface area contributed by atoms with Crippen LogP contribution in [0.5, 0.6) is 0 Å². The third-order valence-electron chi connectivity index (χ3n) is 4.14. The predicted octanol–water partition coefficient (Wildman–Crippen LogP) is 0.690. The number of benzene rings is 1. The highest BCUT2D eigenvalue weighted by atomic mass is 32.2. The highest BCUT2D eigenvalue weighted by molar-refractivity contribution is 7.89. The monoisotopic (exact) mass is 354 g/mol. The molecule has 1 aliphatic rings. The average Bonchev–Trinajstić information content (AvgIpc) is 2.60. The van der Waals surface area contributed by atoms with Crippen molar-refractivity contribution in [2.24, 2.45) is 5.73 Å². The molecule has 24 heavy (non-hydrogen) atoms. The number of hydrogen-bond donors (Lipinski definition) is 2. The minimum Gasteiger partial charge on any atom is -0.330 e. The fraction of sp³-hybridized carbons (Fsp3) is 0.562. The molecule has 1 amide bonds. The molecule has 1 fully saturated rings. The van der Waals surface area contributed by atoms with E-state index in [1.807, 2.05) is 0 Å². The van der Waals surface area contributed by atoms with Crippen LogP contribution in [0.25, 0.3) is 0 Å². The number of carbonyl (C=O) groups excluding carboxylic acids is 1. The van der Waals surface area contributed by atoms with Crippen molar-refractivity contribution in [3.63, 3.8) is 0 Å². The Hall–Kier alpha value is -1.48. The lowest BCUT2D eigenvalue weighted by Gasteiger charge is -2.33. The van der Waals surface area contributed by atoms with E-state index in [9.17, 15) is 13.2 Å². The fourth-order valence-corrected chi connectivity index (χ4v) is 4.12. The van der Waals surface area contributed by atoms with Crippen LogP contribution in [0.1, 0.15) is 19.8 Å². The van der Waals surface area contributed by atoms with Gasteiger partial charge < -0.3 is 16.0 Å². The summed E-state index contributed by atoms with van der Waals surface area (Å²) < 4.78 is 27.0. The maximum atomic E-state index is 12.8. The maximum absolute atomic E-state index is 12.8. The molecule has 2 rings (SSSR count). The second-order valence-corrected chi connectivity index (χ2v) is 7.74. The van der Waals surface area contributed by atoms with Crippen LogP contribution in [0, 0.1) is 0 Å². The number of sulfonamides is 1. The third-order valence-corrected chi connectivity index (χ3v) is 6.04. The van der Waals surface area contributed by atoms with Crippen molar-refractivity contribution in [1.82, 2.24) is 9.21 Å². The molecule has 134 valence electrons.